The molecule has 1 aliphatic rings. The average Bonchev–Trinajstić information content (AvgIpc) is 3.25. The second-order valence-electron chi connectivity index (χ2n) is 5.48. The van der Waals surface area contributed by atoms with Gasteiger partial charge >= 0.3 is 0 Å². The molecule has 0 saturated heterocycles. The van der Waals surface area contributed by atoms with E-state index >= 15 is 0 Å². The molecular weight excluding hydrogens is 276 g/mol. The van der Waals surface area contributed by atoms with E-state index in [1.54, 1.807) is 6.20 Å². The van der Waals surface area contributed by atoms with Gasteiger partial charge in [-0.2, -0.15) is 5.10 Å². The molecule has 0 radical (unpaired) electrons. The van der Waals surface area contributed by atoms with Crippen molar-refractivity contribution in [3.63, 3.8) is 0 Å². The SMILES string of the molecule is O=C(c1ccc(-c2cn[nH]c2)cc1)N1CCn2cccc2C1. The predicted molar refractivity (Wildman–Crippen MR) is 83.2 cm³/mol. The zero-order valence-electron chi connectivity index (χ0n) is 12.1. The monoisotopic (exact) mass is 292 g/mol. The first kappa shape index (κ1) is 12.9. The van der Waals surface area contributed by atoms with Crippen LogP contribution in [0.4, 0.5) is 0 Å². The zero-order valence-corrected chi connectivity index (χ0v) is 12.1. The molecule has 5 nitrogen and oxygen atoms in total. The Labute approximate surface area is 128 Å². The van der Waals surface area contributed by atoms with Gasteiger partial charge in [0, 0.05) is 42.3 Å². The maximum Gasteiger partial charge on any atom is 0.254 e. The van der Waals surface area contributed by atoms with Crippen molar-refractivity contribution in [1.82, 2.24) is 19.7 Å². The van der Waals surface area contributed by atoms with E-state index in [2.05, 4.69) is 27.0 Å². The van der Waals surface area contributed by atoms with E-state index < -0.39 is 0 Å². The molecule has 0 spiro atoms. The highest BCUT2D eigenvalue weighted by atomic mass is 16.2. The van der Waals surface area contributed by atoms with Crippen LogP contribution in [0.5, 0.6) is 0 Å². The summed E-state index contributed by atoms with van der Waals surface area (Å²) in [7, 11) is 0. The molecule has 0 atom stereocenters. The molecule has 0 fully saturated rings. The molecule has 1 aromatic carbocycles. The molecular formula is C17H16N4O. The summed E-state index contributed by atoms with van der Waals surface area (Å²) in [5.41, 5.74) is 3.99. The van der Waals surface area contributed by atoms with Gasteiger partial charge in [0.25, 0.3) is 5.91 Å². The molecule has 2 aromatic heterocycles. The first-order valence-corrected chi connectivity index (χ1v) is 7.34. The number of hydrogen-bond acceptors (Lipinski definition) is 2. The Morgan fingerprint density at radius 3 is 2.73 bits per heavy atom. The first-order chi connectivity index (χ1) is 10.8. The van der Waals surface area contributed by atoms with Gasteiger partial charge in [0.05, 0.1) is 12.7 Å². The molecule has 3 heterocycles. The van der Waals surface area contributed by atoms with Crippen LogP contribution in [0.2, 0.25) is 0 Å². The van der Waals surface area contributed by atoms with Crippen molar-refractivity contribution in [3.8, 4) is 11.1 Å². The number of H-pyrrole nitrogens is 1. The fourth-order valence-electron chi connectivity index (χ4n) is 2.88. The van der Waals surface area contributed by atoms with Gasteiger partial charge < -0.3 is 9.47 Å². The summed E-state index contributed by atoms with van der Waals surface area (Å²) >= 11 is 0. The highest BCUT2D eigenvalue weighted by Crippen LogP contribution is 2.20. The summed E-state index contributed by atoms with van der Waals surface area (Å²) in [4.78, 5) is 14.5. The minimum absolute atomic E-state index is 0.0891. The van der Waals surface area contributed by atoms with Crippen molar-refractivity contribution in [1.29, 1.82) is 0 Å². The molecule has 110 valence electrons. The van der Waals surface area contributed by atoms with Crippen molar-refractivity contribution in [2.24, 2.45) is 0 Å². The lowest BCUT2D eigenvalue weighted by molar-refractivity contribution is 0.0711. The van der Waals surface area contributed by atoms with Crippen molar-refractivity contribution < 1.29 is 4.79 Å². The Kier molecular flexibility index (Phi) is 3.04. The number of benzene rings is 1. The maximum absolute atomic E-state index is 12.6. The molecule has 0 bridgehead atoms. The number of nitrogens with one attached hydrogen (secondary N) is 1. The van der Waals surface area contributed by atoms with Crippen LogP contribution in [0, 0.1) is 0 Å². The summed E-state index contributed by atoms with van der Waals surface area (Å²) in [5, 5.41) is 6.74. The fraction of sp³-hybridized carbons (Fsp3) is 0.176. The number of fused-ring (bicyclic) bond motifs is 1. The van der Waals surface area contributed by atoms with Crippen LogP contribution in [0.15, 0.2) is 55.0 Å². The van der Waals surface area contributed by atoms with Gasteiger partial charge in [-0.05, 0) is 29.8 Å². The Morgan fingerprint density at radius 2 is 1.95 bits per heavy atom. The van der Waals surface area contributed by atoms with E-state index in [1.165, 1.54) is 5.69 Å². The van der Waals surface area contributed by atoms with E-state index in [4.69, 9.17) is 0 Å². The molecule has 22 heavy (non-hydrogen) atoms. The summed E-state index contributed by atoms with van der Waals surface area (Å²) in [6.45, 7) is 2.29. The van der Waals surface area contributed by atoms with Crippen LogP contribution in [0.25, 0.3) is 11.1 Å². The Bertz CT molecular complexity index is 786. The number of amides is 1. The van der Waals surface area contributed by atoms with Crippen LogP contribution in [0.3, 0.4) is 0 Å². The summed E-state index contributed by atoms with van der Waals surface area (Å²) < 4.78 is 2.20. The van der Waals surface area contributed by atoms with Gasteiger partial charge in [-0.15, -0.1) is 0 Å². The zero-order chi connectivity index (χ0) is 14.9. The van der Waals surface area contributed by atoms with Crippen LogP contribution >= 0.6 is 0 Å². The quantitative estimate of drug-likeness (QED) is 0.789. The lowest BCUT2D eigenvalue weighted by atomic mass is 10.1. The number of hydrogen-bond donors (Lipinski definition) is 1. The average molecular weight is 292 g/mol. The van der Waals surface area contributed by atoms with E-state index in [1.807, 2.05) is 41.4 Å². The van der Waals surface area contributed by atoms with E-state index in [0.717, 1.165) is 29.8 Å². The number of carbonyl (C=O) groups excluding carboxylic acids is 1. The van der Waals surface area contributed by atoms with E-state index in [0.29, 0.717) is 6.54 Å². The summed E-state index contributed by atoms with van der Waals surface area (Å²) in [5.74, 6) is 0.0891. The minimum atomic E-state index is 0.0891. The fourth-order valence-corrected chi connectivity index (χ4v) is 2.88. The Morgan fingerprint density at radius 1 is 1.09 bits per heavy atom. The number of aromatic nitrogens is 3. The number of rotatable bonds is 2. The lowest BCUT2D eigenvalue weighted by Crippen LogP contribution is -2.37. The van der Waals surface area contributed by atoms with Crippen LogP contribution in [0.1, 0.15) is 16.1 Å². The van der Waals surface area contributed by atoms with E-state index in [-0.39, 0.29) is 5.91 Å². The minimum Gasteiger partial charge on any atom is -0.348 e. The van der Waals surface area contributed by atoms with Gasteiger partial charge in [-0.3, -0.25) is 9.89 Å². The highest BCUT2D eigenvalue weighted by Gasteiger charge is 2.21. The highest BCUT2D eigenvalue weighted by molar-refractivity contribution is 5.94. The predicted octanol–water partition coefficient (Wildman–Crippen LogP) is 2.53. The Balaban J connectivity index is 1.54. The number of aromatic amines is 1. The maximum atomic E-state index is 12.6. The molecule has 5 heteroatoms. The topological polar surface area (TPSA) is 53.9 Å². The number of nitrogens with zero attached hydrogens (tertiary/aromatic N) is 3. The van der Waals surface area contributed by atoms with Gasteiger partial charge in [0.2, 0.25) is 0 Å². The van der Waals surface area contributed by atoms with Crippen molar-refractivity contribution in [2.45, 2.75) is 13.1 Å². The van der Waals surface area contributed by atoms with Crippen LogP contribution in [-0.4, -0.2) is 32.1 Å². The van der Waals surface area contributed by atoms with Gasteiger partial charge in [-0.1, -0.05) is 12.1 Å². The molecule has 4 rings (SSSR count). The molecule has 0 aliphatic carbocycles. The molecule has 0 unspecified atom stereocenters. The van der Waals surface area contributed by atoms with Crippen molar-refractivity contribution in [3.05, 3.63) is 66.2 Å². The third-order valence-corrected chi connectivity index (χ3v) is 4.14. The lowest BCUT2D eigenvalue weighted by Gasteiger charge is -2.28. The largest absolute Gasteiger partial charge is 0.348 e. The number of carbonyl (C=O) groups is 1. The molecule has 1 aliphatic heterocycles. The Hall–Kier alpha value is -2.82. The molecule has 1 N–H and O–H groups in total. The molecule has 1 amide bonds. The smallest absolute Gasteiger partial charge is 0.254 e. The first-order valence-electron chi connectivity index (χ1n) is 7.34. The second-order valence-corrected chi connectivity index (χ2v) is 5.48. The summed E-state index contributed by atoms with van der Waals surface area (Å²) in [6, 6.07) is 11.8. The molecule has 3 aromatic rings. The van der Waals surface area contributed by atoms with Crippen LogP contribution < -0.4 is 0 Å². The second kappa shape index (κ2) is 5.18. The van der Waals surface area contributed by atoms with Crippen molar-refractivity contribution in [2.75, 3.05) is 6.54 Å². The standard InChI is InChI=1S/C17H16N4O/c22-17(21-9-8-20-7-1-2-16(20)12-21)14-5-3-13(4-6-14)15-10-18-19-11-15/h1-7,10-11H,8-9,12H2,(H,18,19). The third-order valence-electron chi connectivity index (χ3n) is 4.14. The van der Waals surface area contributed by atoms with Gasteiger partial charge in [0.15, 0.2) is 0 Å². The van der Waals surface area contributed by atoms with Gasteiger partial charge in [-0.25, -0.2) is 0 Å². The van der Waals surface area contributed by atoms with Crippen molar-refractivity contribution >= 4 is 5.91 Å². The van der Waals surface area contributed by atoms with E-state index in [9.17, 15) is 4.79 Å². The normalized spacial score (nSPS) is 13.9. The van der Waals surface area contributed by atoms with Crippen LogP contribution in [-0.2, 0) is 13.1 Å². The molecule has 0 saturated carbocycles. The third kappa shape index (κ3) is 2.20. The van der Waals surface area contributed by atoms with Gasteiger partial charge in [0.1, 0.15) is 0 Å². The summed E-state index contributed by atoms with van der Waals surface area (Å²) in [6.07, 6.45) is 5.68.